The first-order valence-electron chi connectivity index (χ1n) is 9.24. The summed E-state index contributed by atoms with van der Waals surface area (Å²) in [7, 11) is -4.05. The number of benzene rings is 3. The molecule has 0 aliphatic rings. The second-order valence-electron chi connectivity index (χ2n) is 6.92. The zero-order valence-electron chi connectivity index (χ0n) is 16.4. The summed E-state index contributed by atoms with van der Waals surface area (Å²) in [5.41, 5.74) is 0.317. The summed E-state index contributed by atoms with van der Waals surface area (Å²) in [6, 6.07) is 13.3. The monoisotopic (exact) mass is 550 g/mol. The van der Waals surface area contributed by atoms with Crippen LogP contribution in [0, 0.1) is 5.82 Å². The second-order valence-corrected chi connectivity index (χ2v) is 10.1. The Kier molecular flexibility index (Phi) is 6.00. The van der Waals surface area contributed by atoms with Crippen LogP contribution in [0.4, 0.5) is 10.1 Å². The molecule has 0 unspecified atom stereocenters. The Balaban J connectivity index is 1.63. The Bertz CT molecular complexity index is 1530. The smallest absolute Gasteiger partial charge is 0.337 e. The third-order valence-electron chi connectivity index (χ3n) is 4.83. The number of hydrogen-bond donors (Lipinski definition) is 2. The Morgan fingerprint density at radius 2 is 1.73 bits per heavy atom. The van der Waals surface area contributed by atoms with Crippen molar-refractivity contribution in [3.63, 3.8) is 0 Å². The van der Waals surface area contributed by atoms with Crippen LogP contribution < -0.4 is 5.32 Å². The van der Waals surface area contributed by atoms with Crippen molar-refractivity contribution in [2.45, 2.75) is 4.90 Å². The van der Waals surface area contributed by atoms with Crippen molar-refractivity contribution < 1.29 is 27.5 Å². The molecule has 0 saturated carbocycles. The first-order chi connectivity index (χ1) is 15.6. The number of carboxylic acid groups (broad SMARTS) is 1. The fourth-order valence-electron chi connectivity index (χ4n) is 3.20. The van der Waals surface area contributed by atoms with Crippen LogP contribution in [0.25, 0.3) is 10.9 Å². The van der Waals surface area contributed by atoms with Crippen LogP contribution in [0.1, 0.15) is 20.7 Å². The molecule has 0 saturated heterocycles. The minimum Gasteiger partial charge on any atom is -0.478 e. The molecule has 0 spiro atoms. The van der Waals surface area contributed by atoms with E-state index in [0.29, 0.717) is 9.86 Å². The van der Waals surface area contributed by atoms with E-state index in [1.54, 1.807) is 6.07 Å². The van der Waals surface area contributed by atoms with E-state index in [4.69, 9.17) is 11.6 Å². The van der Waals surface area contributed by atoms with Gasteiger partial charge in [0.2, 0.25) is 0 Å². The van der Waals surface area contributed by atoms with Crippen LogP contribution in [-0.2, 0) is 10.0 Å². The van der Waals surface area contributed by atoms with Crippen molar-refractivity contribution in [3.05, 3.63) is 93.3 Å². The number of halogens is 3. The van der Waals surface area contributed by atoms with Gasteiger partial charge in [-0.15, -0.1) is 0 Å². The number of aromatic carboxylic acids is 1. The molecule has 4 aromatic rings. The molecule has 7 nitrogen and oxygen atoms in total. The number of carbonyl (C=O) groups excluding carboxylic acids is 1. The van der Waals surface area contributed by atoms with E-state index in [9.17, 15) is 27.5 Å². The molecule has 0 radical (unpaired) electrons. The average molecular weight is 552 g/mol. The topological polar surface area (TPSA) is 105 Å². The molecule has 1 amide bonds. The maximum Gasteiger partial charge on any atom is 0.337 e. The number of fused-ring (bicyclic) bond motifs is 1. The van der Waals surface area contributed by atoms with Gasteiger partial charge in [0.05, 0.1) is 26.7 Å². The van der Waals surface area contributed by atoms with E-state index >= 15 is 0 Å². The SMILES string of the molecule is O=C(Nc1ccc(Br)cc1C(=O)O)c1ccc(S(=O)(=O)n2ccc3cc(F)c(Cl)cc32)cc1. The maximum atomic E-state index is 13.7. The van der Waals surface area contributed by atoms with Gasteiger partial charge in [-0.05, 0) is 60.7 Å². The fraction of sp³-hybridized carbons (Fsp3) is 0. The van der Waals surface area contributed by atoms with Crippen LogP contribution in [0.2, 0.25) is 5.02 Å². The standard InChI is InChI=1S/C22H13BrClFN2O5S/c23-14-3-6-19(16(10-14)22(29)30)26-21(28)12-1-4-15(5-2-12)33(31,32)27-8-7-13-9-18(25)17(24)11-20(13)27/h1-11H,(H,26,28)(H,29,30). The zero-order chi connectivity index (χ0) is 23.9. The van der Waals surface area contributed by atoms with Crippen molar-refractivity contribution in [1.29, 1.82) is 0 Å². The number of amides is 1. The summed E-state index contributed by atoms with van der Waals surface area (Å²) < 4.78 is 41.4. The second kappa shape index (κ2) is 8.62. The summed E-state index contributed by atoms with van der Waals surface area (Å²) in [5.74, 6) is -2.49. The highest BCUT2D eigenvalue weighted by Gasteiger charge is 2.21. The molecule has 2 N–H and O–H groups in total. The average Bonchev–Trinajstić information content (AvgIpc) is 3.18. The highest BCUT2D eigenvalue weighted by atomic mass is 79.9. The number of hydrogen-bond acceptors (Lipinski definition) is 4. The van der Waals surface area contributed by atoms with Crippen LogP contribution in [0.15, 0.2) is 76.2 Å². The fourth-order valence-corrected chi connectivity index (χ4v) is 5.07. The Morgan fingerprint density at radius 1 is 1.03 bits per heavy atom. The number of carboxylic acids is 1. The minimum atomic E-state index is -4.05. The summed E-state index contributed by atoms with van der Waals surface area (Å²) in [4.78, 5) is 23.9. The first-order valence-corrected chi connectivity index (χ1v) is 11.8. The molecule has 0 aliphatic heterocycles. The largest absolute Gasteiger partial charge is 0.478 e. The van der Waals surface area contributed by atoms with E-state index in [0.717, 1.165) is 10.0 Å². The molecule has 0 fully saturated rings. The first kappa shape index (κ1) is 23.0. The number of anilines is 1. The summed E-state index contributed by atoms with van der Waals surface area (Å²) in [6.07, 6.45) is 1.29. The van der Waals surface area contributed by atoms with Gasteiger partial charge in [0.1, 0.15) is 5.82 Å². The van der Waals surface area contributed by atoms with E-state index in [1.807, 2.05) is 0 Å². The number of aromatic nitrogens is 1. The summed E-state index contributed by atoms with van der Waals surface area (Å²) in [6.45, 7) is 0. The molecule has 0 atom stereocenters. The molecular weight excluding hydrogens is 539 g/mol. The number of nitrogens with one attached hydrogen (secondary N) is 1. The Hall–Kier alpha value is -3.21. The molecule has 33 heavy (non-hydrogen) atoms. The Labute approximate surface area is 200 Å². The van der Waals surface area contributed by atoms with Gasteiger partial charge >= 0.3 is 5.97 Å². The van der Waals surface area contributed by atoms with Crippen LogP contribution in [-0.4, -0.2) is 29.4 Å². The van der Waals surface area contributed by atoms with Crippen molar-refractivity contribution in [1.82, 2.24) is 3.97 Å². The van der Waals surface area contributed by atoms with E-state index < -0.39 is 27.7 Å². The molecule has 168 valence electrons. The number of rotatable bonds is 5. The van der Waals surface area contributed by atoms with Gasteiger partial charge in [0.25, 0.3) is 15.9 Å². The zero-order valence-corrected chi connectivity index (χ0v) is 19.6. The lowest BCUT2D eigenvalue weighted by Gasteiger charge is -2.11. The molecule has 4 rings (SSSR count). The summed E-state index contributed by atoms with van der Waals surface area (Å²) in [5, 5.41) is 12.0. The van der Waals surface area contributed by atoms with Gasteiger partial charge in [-0.2, -0.15) is 0 Å². The van der Waals surface area contributed by atoms with Crippen molar-refractivity contribution in [2.75, 3.05) is 5.32 Å². The van der Waals surface area contributed by atoms with Gasteiger partial charge in [-0.3, -0.25) is 4.79 Å². The van der Waals surface area contributed by atoms with Crippen molar-refractivity contribution in [3.8, 4) is 0 Å². The number of nitrogens with zero attached hydrogens (tertiary/aromatic N) is 1. The highest BCUT2D eigenvalue weighted by Crippen LogP contribution is 2.27. The Morgan fingerprint density at radius 3 is 2.39 bits per heavy atom. The normalized spacial score (nSPS) is 11.5. The van der Waals surface area contributed by atoms with E-state index in [1.165, 1.54) is 54.7 Å². The molecule has 1 heterocycles. The molecule has 0 bridgehead atoms. The van der Waals surface area contributed by atoms with Gasteiger partial charge < -0.3 is 10.4 Å². The molecule has 1 aromatic heterocycles. The number of carbonyl (C=O) groups is 2. The van der Waals surface area contributed by atoms with Gasteiger partial charge in [-0.25, -0.2) is 21.6 Å². The van der Waals surface area contributed by atoms with Crippen LogP contribution in [0.5, 0.6) is 0 Å². The third-order valence-corrected chi connectivity index (χ3v) is 7.32. The van der Waals surface area contributed by atoms with Crippen LogP contribution in [0.3, 0.4) is 0 Å². The minimum absolute atomic E-state index is 0.0929. The predicted molar refractivity (Wildman–Crippen MR) is 125 cm³/mol. The maximum absolute atomic E-state index is 13.7. The molecule has 3 aromatic carbocycles. The van der Waals surface area contributed by atoms with Gasteiger partial charge in [0.15, 0.2) is 0 Å². The molecule has 0 aliphatic carbocycles. The lowest BCUT2D eigenvalue weighted by molar-refractivity contribution is 0.0698. The highest BCUT2D eigenvalue weighted by molar-refractivity contribution is 9.10. The quantitative estimate of drug-likeness (QED) is 0.346. The van der Waals surface area contributed by atoms with E-state index in [2.05, 4.69) is 21.2 Å². The van der Waals surface area contributed by atoms with Crippen molar-refractivity contribution in [2.24, 2.45) is 0 Å². The van der Waals surface area contributed by atoms with Crippen LogP contribution >= 0.6 is 27.5 Å². The third kappa shape index (κ3) is 4.37. The lowest BCUT2D eigenvalue weighted by atomic mass is 10.1. The predicted octanol–water partition coefficient (Wildman–Crippen LogP) is 5.38. The molecule has 11 heteroatoms. The lowest BCUT2D eigenvalue weighted by Crippen LogP contribution is -2.16. The van der Waals surface area contributed by atoms with Crippen molar-refractivity contribution >= 4 is 66.0 Å². The molecular formula is C22H13BrClFN2O5S. The van der Waals surface area contributed by atoms with E-state index in [-0.39, 0.29) is 32.2 Å². The summed E-state index contributed by atoms with van der Waals surface area (Å²) >= 11 is 8.99. The van der Waals surface area contributed by atoms with Gasteiger partial charge in [-0.1, -0.05) is 27.5 Å². The van der Waals surface area contributed by atoms with Gasteiger partial charge in [0, 0.05) is 21.6 Å².